The van der Waals surface area contributed by atoms with Gasteiger partial charge >= 0.3 is 0 Å². The SMILES string of the molecule is COc1ccc2cc(-c3cccnc3Br)oc2c1. The molecule has 18 heavy (non-hydrogen) atoms. The average molecular weight is 304 g/mol. The minimum atomic E-state index is 0.774. The zero-order valence-electron chi connectivity index (χ0n) is 9.68. The monoisotopic (exact) mass is 303 g/mol. The molecule has 3 nitrogen and oxygen atoms in total. The van der Waals surface area contributed by atoms with Crippen molar-refractivity contribution in [2.75, 3.05) is 7.11 Å². The molecular formula is C14H10BrNO2. The van der Waals surface area contributed by atoms with Crippen LogP contribution < -0.4 is 4.74 Å². The van der Waals surface area contributed by atoms with E-state index in [0.29, 0.717) is 0 Å². The fourth-order valence-corrected chi connectivity index (χ4v) is 2.29. The highest BCUT2D eigenvalue weighted by Gasteiger charge is 2.10. The largest absolute Gasteiger partial charge is 0.497 e. The number of rotatable bonds is 2. The predicted molar refractivity (Wildman–Crippen MR) is 73.7 cm³/mol. The molecule has 4 heteroatoms. The van der Waals surface area contributed by atoms with E-state index in [2.05, 4.69) is 20.9 Å². The van der Waals surface area contributed by atoms with Crippen molar-refractivity contribution in [1.82, 2.24) is 4.98 Å². The normalized spacial score (nSPS) is 10.8. The number of pyridine rings is 1. The van der Waals surface area contributed by atoms with Crippen LogP contribution in [0.25, 0.3) is 22.3 Å². The highest BCUT2D eigenvalue weighted by molar-refractivity contribution is 9.10. The molecule has 0 aliphatic rings. The Labute approximate surface area is 113 Å². The quantitative estimate of drug-likeness (QED) is 0.663. The van der Waals surface area contributed by atoms with Gasteiger partial charge in [0.2, 0.25) is 0 Å². The van der Waals surface area contributed by atoms with E-state index in [1.165, 1.54) is 0 Å². The number of nitrogens with zero attached hydrogens (tertiary/aromatic N) is 1. The third kappa shape index (κ3) is 1.88. The van der Waals surface area contributed by atoms with Gasteiger partial charge in [0.25, 0.3) is 0 Å². The number of fused-ring (bicyclic) bond motifs is 1. The molecule has 0 aliphatic carbocycles. The highest BCUT2D eigenvalue weighted by atomic mass is 79.9. The molecule has 1 aromatic carbocycles. The van der Waals surface area contributed by atoms with Crippen LogP contribution >= 0.6 is 15.9 Å². The number of halogens is 1. The van der Waals surface area contributed by atoms with E-state index >= 15 is 0 Å². The molecule has 2 aromatic heterocycles. The van der Waals surface area contributed by atoms with Crippen molar-refractivity contribution in [3.63, 3.8) is 0 Å². The predicted octanol–water partition coefficient (Wildman–Crippen LogP) is 4.27. The zero-order valence-corrected chi connectivity index (χ0v) is 11.3. The maximum Gasteiger partial charge on any atom is 0.138 e. The molecule has 0 saturated heterocycles. The molecule has 0 bridgehead atoms. The van der Waals surface area contributed by atoms with E-state index < -0.39 is 0 Å². The Morgan fingerprint density at radius 2 is 2.11 bits per heavy atom. The van der Waals surface area contributed by atoms with Crippen molar-refractivity contribution < 1.29 is 9.15 Å². The van der Waals surface area contributed by atoms with E-state index in [-0.39, 0.29) is 0 Å². The van der Waals surface area contributed by atoms with E-state index in [9.17, 15) is 0 Å². The first-order chi connectivity index (χ1) is 8.78. The summed E-state index contributed by atoms with van der Waals surface area (Å²) in [4.78, 5) is 4.19. The topological polar surface area (TPSA) is 35.3 Å². The van der Waals surface area contributed by atoms with Gasteiger partial charge in [-0.25, -0.2) is 4.98 Å². The van der Waals surface area contributed by atoms with Crippen molar-refractivity contribution in [3.8, 4) is 17.1 Å². The Balaban J connectivity index is 2.17. The van der Waals surface area contributed by atoms with Crippen molar-refractivity contribution in [3.05, 3.63) is 47.2 Å². The number of benzene rings is 1. The maximum atomic E-state index is 5.83. The number of hydrogen-bond acceptors (Lipinski definition) is 3. The summed E-state index contributed by atoms with van der Waals surface area (Å²) in [5, 5.41) is 1.04. The van der Waals surface area contributed by atoms with Crippen molar-refractivity contribution >= 4 is 26.9 Å². The van der Waals surface area contributed by atoms with Gasteiger partial charge in [-0.1, -0.05) is 0 Å². The standard InChI is InChI=1S/C14H10BrNO2/c1-17-10-5-4-9-7-13(18-12(9)8-10)11-3-2-6-16-14(11)15/h2-8H,1H3. The fraction of sp³-hybridized carbons (Fsp3) is 0.0714. The van der Waals surface area contributed by atoms with Gasteiger partial charge in [0, 0.05) is 17.6 Å². The van der Waals surface area contributed by atoms with Crippen LogP contribution in [0.2, 0.25) is 0 Å². The molecule has 0 unspecified atom stereocenters. The second kappa shape index (κ2) is 4.46. The minimum Gasteiger partial charge on any atom is -0.497 e. The molecular weight excluding hydrogens is 294 g/mol. The Hall–Kier alpha value is -1.81. The van der Waals surface area contributed by atoms with E-state index in [1.54, 1.807) is 13.3 Å². The average Bonchev–Trinajstić information content (AvgIpc) is 2.81. The summed E-state index contributed by atoms with van der Waals surface area (Å²) < 4.78 is 11.8. The van der Waals surface area contributed by atoms with Gasteiger partial charge in [0.15, 0.2) is 0 Å². The maximum absolute atomic E-state index is 5.83. The van der Waals surface area contributed by atoms with Gasteiger partial charge in [0.1, 0.15) is 21.7 Å². The van der Waals surface area contributed by atoms with Crippen molar-refractivity contribution in [2.24, 2.45) is 0 Å². The summed E-state index contributed by atoms with van der Waals surface area (Å²) in [6.45, 7) is 0. The van der Waals surface area contributed by atoms with Crippen molar-refractivity contribution in [1.29, 1.82) is 0 Å². The molecule has 0 aliphatic heterocycles. The number of methoxy groups -OCH3 is 1. The third-order valence-electron chi connectivity index (χ3n) is 2.75. The second-order valence-electron chi connectivity index (χ2n) is 3.86. The fourth-order valence-electron chi connectivity index (χ4n) is 1.84. The second-order valence-corrected chi connectivity index (χ2v) is 4.61. The number of furan rings is 1. The van der Waals surface area contributed by atoms with Crippen LogP contribution in [-0.2, 0) is 0 Å². The number of hydrogen-bond donors (Lipinski definition) is 0. The summed E-state index contributed by atoms with van der Waals surface area (Å²) >= 11 is 3.42. The molecule has 2 heterocycles. The summed E-state index contributed by atoms with van der Waals surface area (Å²) in [7, 11) is 1.64. The molecule has 0 atom stereocenters. The Morgan fingerprint density at radius 1 is 1.22 bits per heavy atom. The Bertz CT molecular complexity index is 706. The lowest BCUT2D eigenvalue weighted by Gasteiger charge is -1.98. The van der Waals surface area contributed by atoms with E-state index in [0.717, 1.165) is 32.6 Å². The third-order valence-corrected chi connectivity index (χ3v) is 3.38. The van der Waals surface area contributed by atoms with Crippen LogP contribution in [0, 0.1) is 0 Å². The zero-order chi connectivity index (χ0) is 12.5. The van der Waals surface area contributed by atoms with Crippen LogP contribution in [0.3, 0.4) is 0 Å². The molecule has 0 amide bonds. The van der Waals surface area contributed by atoms with Crippen molar-refractivity contribution in [2.45, 2.75) is 0 Å². The Kier molecular flexibility index (Phi) is 2.80. The van der Waals surface area contributed by atoms with Crippen LogP contribution in [-0.4, -0.2) is 12.1 Å². The van der Waals surface area contributed by atoms with Gasteiger partial charge in [0.05, 0.1) is 12.7 Å². The summed E-state index contributed by atoms with van der Waals surface area (Å²) in [5.74, 6) is 1.58. The first kappa shape index (κ1) is 11.3. The smallest absolute Gasteiger partial charge is 0.138 e. The van der Waals surface area contributed by atoms with Crippen LogP contribution in [0.5, 0.6) is 5.75 Å². The molecule has 3 rings (SSSR count). The molecule has 90 valence electrons. The molecule has 0 saturated carbocycles. The lowest BCUT2D eigenvalue weighted by atomic mass is 10.2. The van der Waals surface area contributed by atoms with Gasteiger partial charge in [-0.15, -0.1) is 0 Å². The lowest BCUT2D eigenvalue weighted by molar-refractivity contribution is 0.414. The molecule has 0 N–H and O–H groups in total. The lowest BCUT2D eigenvalue weighted by Crippen LogP contribution is -1.80. The molecule has 3 aromatic rings. The summed E-state index contributed by atoms with van der Waals surface area (Å²) in [6.07, 6.45) is 1.74. The summed E-state index contributed by atoms with van der Waals surface area (Å²) in [6, 6.07) is 11.6. The number of aromatic nitrogens is 1. The molecule has 0 radical (unpaired) electrons. The number of ether oxygens (including phenoxy) is 1. The summed E-state index contributed by atoms with van der Waals surface area (Å²) in [5.41, 5.74) is 1.74. The minimum absolute atomic E-state index is 0.774. The van der Waals surface area contributed by atoms with Gasteiger partial charge < -0.3 is 9.15 Å². The van der Waals surface area contributed by atoms with E-state index in [4.69, 9.17) is 9.15 Å². The van der Waals surface area contributed by atoms with Gasteiger partial charge in [-0.2, -0.15) is 0 Å². The highest BCUT2D eigenvalue weighted by Crippen LogP contribution is 2.32. The molecule has 0 fully saturated rings. The Morgan fingerprint density at radius 3 is 2.89 bits per heavy atom. The van der Waals surface area contributed by atoms with Crippen LogP contribution in [0.1, 0.15) is 0 Å². The van der Waals surface area contributed by atoms with Crippen LogP contribution in [0.4, 0.5) is 0 Å². The first-order valence-corrected chi connectivity index (χ1v) is 6.26. The van der Waals surface area contributed by atoms with Gasteiger partial charge in [-0.3, -0.25) is 0 Å². The van der Waals surface area contributed by atoms with Crippen LogP contribution in [0.15, 0.2) is 51.6 Å². The first-order valence-electron chi connectivity index (χ1n) is 5.46. The molecule has 0 spiro atoms. The van der Waals surface area contributed by atoms with Gasteiger partial charge in [-0.05, 0) is 46.3 Å². The van der Waals surface area contributed by atoms with E-state index in [1.807, 2.05) is 36.4 Å².